The highest BCUT2D eigenvalue weighted by Crippen LogP contribution is 2.64. The molecule has 10 aromatic rings. The van der Waals surface area contributed by atoms with Crippen LogP contribution in [0.15, 0.2) is 180 Å². The topological polar surface area (TPSA) is 16.4 Å². The third kappa shape index (κ3) is 3.90. The Hall–Kier alpha value is -6.94. The first-order valence-electron chi connectivity index (χ1n) is 21.4. The molecule has 9 aromatic carbocycles. The Morgan fingerprint density at radius 3 is 1.87 bits per heavy atom. The third-order valence-electron chi connectivity index (χ3n) is 14.8. The number of hydrogen-bond donors (Lipinski definition) is 0. The summed E-state index contributed by atoms with van der Waals surface area (Å²) in [6, 6.07) is 66.5. The van der Waals surface area contributed by atoms with Crippen LogP contribution >= 0.6 is 0 Å². The fourth-order valence-electron chi connectivity index (χ4n) is 12.2. The average molecular weight is 782 g/mol. The molecule has 1 spiro atoms. The average Bonchev–Trinajstić information content (AvgIpc) is 4.03. The van der Waals surface area contributed by atoms with E-state index in [9.17, 15) is 0 Å². The number of furan rings is 1. The number of anilines is 3. The Morgan fingerprint density at radius 2 is 1.08 bits per heavy atom. The van der Waals surface area contributed by atoms with E-state index in [1.165, 1.54) is 87.9 Å². The minimum Gasteiger partial charge on any atom is -0.453 e. The van der Waals surface area contributed by atoms with Gasteiger partial charge in [-0.2, -0.15) is 0 Å². The zero-order chi connectivity index (χ0) is 39.5. The van der Waals surface area contributed by atoms with E-state index in [0.717, 1.165) is 51.8 Å². The van der Waals surface area contributed by atoms with Crippen molar-refractivity contribution in [3.05, 3.63) is 209 Å². The van der Waals surface area contributed by atoms with Gasteiger partial charge in [-0.25, -0.2) is 0 Å². The molecule has 2 heterocycles. The van der Waals surface area contributed by atoms with Crippen molar-refractivity contribution in [1.29, 1.82) is 0 Å². The van der Waals surface area contributed by atoms with Crippen LogP contribution in [-0.4, -0.2) is 8.07 Å². The van der Waals surface area contributed by atoms with E-state index in [1.807, 2.05) is 0 Å². The SMILES string of the molecule is C[Si]1(C)c2ccccc2-c2ccc(N(c3ccccc3)c3cccc4c3oc3c5c(ccc34)C3(c4ccccc4-c4ccccc43)c3ccc4c6c(ccc-5c36)CC4)cc21. The minimum atomic E-state index is -1.93. The van der Waals surface area contributed by atoms with E-state index in [2.05, 4.69) is 194 Å². The molecule has 0 N–H and O–H groups in total. The molecule has 282 valence electrons. The third-order valence-corrected chi connectivity index (χ3v) is 18.3. The first kappa shape index (κ1) is 33.0. The Labute approximate surface area is 350 Å². The van der Waals surface area contributed by atoms with Crippen molar-refractivity contribution in [2.24, 2.45) is 0 Å². The quantitative estimate of drug-likeness (QED) is 0.166. The first-order chi connectivity index (χ1) is 29.5. The molecule has 3 aliphatic carbocycles. The molecule has 0 saturated carbocycles. The van der Waals surface area contributed by atoms with Crippen LogP contribution in [0.3, 0.4) is 0 Å². The van der Waals surface area contributed by atoms with Gasteiger partial charge in [0.2, 0.25) is 0 Å². The molecule has 0 bridgehead atoms. The van der Waals surface area contributed by atoms with Crippen LogP contribution in [0.4, 0.5) is 17.1 Å². The summed E-state index contributed by atoms with van der Waals surface area (Å²) < 4.78 is 7.56. The Balaban J connectivity index is 1.08. The summed E-state index contributed by atoms with van der Waals surface area (Å²) >= 11 is 0. The van der Waals surface area contributed by atoms with Crippen LogP contribution in [0, 0.1) is 0 Å². The van der Waals surface area contributed by atoms with Crippen molar-refractivity contribution < 1.29 is 4.42 Å². The zero-order valence-electron chi connectivity index (χ0n) is 33.5. The number of fused-ring (bicyclic) bond motifs is 16. The van der Waals surface area contributed by atoms with Crippen LogP contribution < -0.4 is 15.3 Å². The second-order valence-corrected chi connectivity index (χ2v) is 22.2. The number of benzene rings is 9. The van der Waals surface area contributed by atoms with E-state index in [4.69, 9.17) is 4.42 Å². The second-order valence-electron chi connectivity index (χ2n) is 17.8. The van der Waals surface area contributed by atoms with Crippen molar-refractivity contribution in [3.8, 4) is 33.4 Å². The molecule has 0 radical (unpaired) electrons. The molecule has 0 fully saturated rings. The van der Waals surface area contributed by atoms with Gasteiger partial charge in [0.05, 0.1) is 11.1 Å². The predicted molar refractivity (Wildman–Crippen MR) is 252 cm³/mol. The van der Waals surface area contributed by atoms with E-state index < -0.39 is 13.5 Å². The Bertz CT molecular complexity index is 3480. The lowest BCUT2D eigenvalue weighted by Gasteiger charge is -2.40. The zero-order valence-corrected chi connectivity index (χ0v) is 34.5. The highest BCUT2D eigenvalue weighted by molar-refractivity contribution is 7.03. The van der Waals surface area contributed by atoms with Gasteiger partial charge in [0.25, 0.3) is 0 Å². The molecule has 1 aliphatic heterocycles. The van der Waals surface area contributed by atoms with Crippen molar-refractivity contribution >= 4 is 68.2 Å². The van der Waals surface area contributed by atoms with Gasteiger partial charge < -0.3 is 9.32 Å². The van der Waals surface area contributed by atoms with E-state index in [0.29, 0.717) is 0 Å². The number of para-hydroxylation sites is 2. The van der Waals surface area contributed by atoms with Gasteiger partial charge in [-0.1, -0.05) is 159 Å². The summed E-state index contributed by atoms with van der Waals surface area (Å²) in [5.41, 5.74) is 20.9. The molecule has 0 atom stereocenters. The van der Waals surface area contributed by atoms with Crippen LogP contribution in [0.5, 0.6) is 0 Å². The Kier molecular flexibility index (Phi) is 6.27. The van der Waals surface area contributed by atoms with Gasteiger partial charge in [-0.05, 0) is 126 Å². The van der Waals surface area contributed by atoms with Gasteiger partial charge in [0.15, 0.2) is 5.58 Å². The summed E-state index contributed by atoms with van der Waals surface area (Å²) in [6.45, 7) is 4.99. The summed E-state index contributed by atoms with van der Waals surface area (Å²) in [7, 11) is -1.93. The van der Waals surface area contributed by atoms with Gasteiger partial charge >= 0.3 is 0 Å². The largest absolute Gasteiger partial charge is 0.453 e. The molecular weight excluding hydrogens is 743 g/mol. The molecule has 3 heteroatoms. The lowest BCUT2D eigenvalue weighted by atomic mass is 9.61. The lowest BCUT2D eigenvalue weighted by molar-refractivity contribution is 0.667. The minimum absolute atomic E-state index is 0.486. The van der Waals surface area contributed by atoms with Gasteiger partial charge in [-0.3, -0.25) is 0 Å². The van der Waals surface area contributed by atoms with Gasteiger partial charge in [-0.15, -0.1) is 0 Å². The Morgan fingerprint density at radius 1 is 0.450 bits per heavy atom. The normalized spacial score (nSPS) is 15.3. The monoisotopic (exact) mass is 781 g/mol. The maximum absolute atomic E-state index is 7.56. The van der Waals surface area contributed by atoms with Crippen molar-refractivity contribution in [2.75, 3.05) is 4.90 Å². The van der Waals surface area contributed by atoms with Gasteiger partial charge in [0, 0.05) is 27.7 Å². The first-order valence-corrected chi connectivity index (χ1v) is 24.4. The summed E-state index contributed by atoms with van der Waals surface area (Å²) in [5, 5.41) is 8.13. The molecule has 0 unspecified atom stereocenters. The molecule has 1 aromatic heterocycles. The summed E-state index contributed by atoms with van der Waals surface area (Å²) in [6.07, 6.45) is 2.18. The van der Waals surface area contributed by atoms with Crippen molar-refractivity contribution in [3.63, 3.8) is 0 Å². The molecular formula is C57H39NOSi. The lowest BCUT2D eigenvalue weighted by Crippen LogP contribution is -2.49. The second kappa shape index (κ2) is 11.4. The van der Waals surface area contributed by atoms with E-state index in [1.54, 1.807) is 0 Å². The van der Waals surface area contributed by atoms with Crippen molar-refractivity contribution in [2.45, 2.75) is 31.4 Å². The fourth-order valence-corrected chi connectivity index (χ4v) is 15.3. The fraction of sp³-hybridized carbons (Fsp3) is 0.0877. The molecule has 0 saturated heterocycles. The van der Waals surface area contributed by atoms with Crippen LogP contribution in [0.25, 0.3) is 66.1 Å². The highest BCUT2D eigenvalue weighted by atomic mass is 28.3. The molecule has 14 rings (SSSR count). The molecule has 4 aliphatic rings. The summed E-state index contributed by atoms with van der Waals surface area (Å²) in [4.78, 5) is 2.42. The van der Waals surface area contributed by atoms with Crippen LogP contribution in [0.2, 0.25) is 13.1 Å². The van der Waals surface area contributed by atoms with Crippen LogP contribution in [0.1, 0.15) is 33.4 Å². The number of rotatable bonds is 3. The number of nitrogens with zero attached hydrogens (tertiary/aromatic N) is 1. The standard InChI is InChI=1S/C57H39NOSi/c1-60(2)50-22-11-8-17-40(50)41-29-27-37(33-51(41)60)58(36-13-4-3-5-14-36)49-21-12-18-42-43-30-32-48-54(56(43)59-55(42)49)44-28-25-34-23-24-35-26-31-47(53(44)52(34)35)57(48)45-19-9-6-15-38(45)39-16-7-10-20-46(39)57/h3-22,25-33H,23-24H2,1-2H3. The predicted octanol–water partition coefficient (Wildman–Crippen LogP) is 13.5. The van der Waals surface area contributed by atoms with Gasteiger partial charge in [0.1, 0.15) is 13.7 Å². The van der Waals surface area contributed by atoms with Crippen molar-refractivity contribution in [1.82, 2.24) is 0 Å². The number of hydrogen-bond acceptors (Lipinski definition) is 2. The van der Waals surface area contributed by atoms with E-state index >= 15 is 0 Å². The highest BCUT2D eigenvalue weighted by Gasteiger charge is 2.51. The summed E-state index contributed by atoms with van der Waals surface area (Å²) in [5.74, 6) is 0. The molecule has 2 nitrogen and oxygen atoms in total. The smallest absolute Gasteiger partial charge is 0.159 e. The maximum atomic E-state index is 7.56. The van der Waals surface area contributed by atoms with Crippen LogP contribution in [-0.2, 0) is 18.3 Å². The maximum Gasteiger partial charge on any atom is 0.159 e. The number of aryl methyl sites for hydroxylation is 2. The molecule has 60 heavy (non-hydrogen) atoms. The van der Waals surface area contributed by atoms with E-state index in [-0.39, 0.29) is 0 Å². The molecule has 0 amide bonds.